The van der Waals surface area contributed by atoms with Gasteiger partial charge in [-0.15, -0.1) is 0 Å². The Morgan fingerprint density at radius 2 is 1.89 bits per heavy atom. The maximum absolute atomic E-state index is 12.5. The summed E-state index contributed by atoms with van der Waals surface area (Å²) in [6.45, 7) is 3.24. The fraction of sp³-hybridized carbons (Fsp3) is 0.500. The van der Waals surface area contributed by atoms with Crippen LogP contribution in [0.5, 0.6) is 0 Å². The third kappa shape index (κ3) is 5.34. The monoisotopic (exact) mass is 406 g/mol. The predicted molar refractivity (Wildman–Crippen MR) is 108 cm³/mol. The van der Waals surface area contributed by atoms with Crippen molar-refractivity contribution in [1.82, 2.24) is 5.32 Å². The Morgan fingerprint density at radius 1 is 1.21 bits per heavy atom. The van der Waals surface area contributed by atoms with Crippen molar-refractivity contribution < 1.29 is 22.7 Å². The van der Waals surface area contributed by atoms with Crippen LogP contribution in [0, 0.1) is 5.92 Å². The SMILES string of the molecule is CC(=O)NCC1CC/C=C(/c2ccc(N3CCS(=O)(=O)CC3)cc2)C(=O)OC1. The van der Waals surface area contributed by atoms with E-state index in [1.54, 1.807) is 0 Å². The van der Waals surface area contributed by atoms with E-state index in [0.29, 0.717) is 25.2 Å². The maximum atomic E-state index is 12.5. The van der Waals surface area contributed by atoms with E-state index in [4.69, 9.17) is 4.74 Å². The summed E-state index contributed by atoms with van der Waals surface area (Å²) in [5, 5.41) is 2.77. The second-order valence-corrected chi connectivity index (χ2v) is 9.59. The summed E-state index contributed by atoms with van der Waals surface area (Å²) in [4.78, 5) is 25.5. The van der Waals surface area contributed by atoms with Crippen LogP contribution in [0.25, 0.3) is 5.57 Å². The number of nitrogens with one attached hydrogen (secondary N) is 1. The second kappa shape index (κ2) is 8.77. The average Bonchev–Trinajstić information content (AvgIpc) is 2.65. The van der Waals surface area contributed by atoms with Crippen molar-refractivity contribution in [2.45, 2.75) is 19.8 Å². The van der Waals surface area contributed by atoms with Crippen molar-refractivity contribution in [3.63, 3.8) is 0 Å². The zero-order valence-electron chi connectivity index (χ0n) is 16.0. The number of carbonyl (C=O) groups excluding carboxylic acids is 2. The van der Waals surface area contributed by atoms with Crippen molar-refractivity contribution >= 4 is 33.0 Å². The lowest BCUT2D eigenvalue weighted by atomic mass is 9.98. The van der Waals surface area contributed by atoms with Crippen LogP contribution < -0.4 is 10.2 Å². The molecule has 1 aromatic rings. The van der Waals surface area contributed by atoms with Gasteiger partial charge in [0.1, 0.15) is 0 Å². The van der Waals surface area contributed by atoms with Crippen LogP contribution in [0.2, 0.25) is 0 Å². The first-order chi connectivity index (χ1) is 13.3. The average molecular weight is 407 g/mol. The molecule has 1 fully saturated rings. The van der Waals surface area contributed by atoms with E-state index >= 15 is 0 Å². The third-order valence-electron chi connectivity index (χ3n) is 5.12. The molecule has 0 bridgehead atoms. The van der Waals surface area contributed by atoms with Crippen LogP contribution in [0.1, 0.15) is 25.3 Å². The van der Waals surface area contributed by atoms with Gasteiger partial charge < -0.3 is 15.0 Å². The standard InChI is InChI=1S/C20H26N2O5S/c1-15(23)21-13-16-3-2-4-19(20(24)27-14-16)17-5-7-18(8-6-17)22-9-11-28(25,26)12-10-22/h4-8,16H,2-3,9-14H2,1H3,(H,21,23)/b19-4-. The molecule has 1 aromatic carbocycles. The largest absolute Gasteiger partial charge is 0.462 e. The van der Waals surface area contributed by atoms with Gasteiger partial charge in [0.25, 0.3) is 0 Å². The van der Waals surface area contributed by atoms with Crippen LogP contribution in [0.3, 0.4) is 0 Å². The van der Waals surface area contributed by atoms with Gasteiger partial charge in [-0.05, 0) is 30.5 Å². The van der Waals surface area contributed by atoms with Gasteiger partial charge in [0.05, 0.1) is 23.7 Å². The molecule has 1 unspecified atom stereocenters. The van der Waals surface area contributed by atoms with Crippen molar-refractivity contribution in [2.24, 2.45) is 5.92 Å². The highest BCUT2D eigenvalue weighted by molar-refractivity contribution is 7.91. The van der Waals surface area contributed by atoms with Gasteiger partial charge >= 0.3 is 5.97 Å². The number of nitrogens with zero attached hydrogens (tertiary/aromatic N) is 1. The Hall–Kier alpha value is -2.35. The smallest absolute Gasteiger partial charge is 0.338 e. The number of carbonyl (C=O) groups is 2. The fourth-order valence-corrected chi connectivity index (χ4v) is 4.61. The van der Waals surface area contributed by atoms with Gasteiger partial charge in [-0.2, -0.15) is 0 Å². The van der Waals surface area contributed by atoms with E-state index in [1.165, 1.54) is 6.92 Å². The summed E-state index contributed by atoms with van der Waals surface area (Å²) in [5.41, 5.74) is 2.29. The number of anilines is 1. The molecule has 3 rings (SSSR count). The Kier molecular flexibility index (Phi) is 6.39. The van der Waals surface area contributed by atoms with E-state index < -0.39 is 9.84 Å². The molecule has 0 radical (unpaired) electrons. The van der Waals surface area contributed by atoms with E-state index in [2.05, 4.69) is 5.32 Å². The molecule has 1 N–H and O–H groups in total. The summed E-state index contributed by atoms with van der Waals surface area (Å²) < 4.78 is 28.6. The summed E-state index contributed by atoms with van der Waals surface area (Å²) in [6, 6.07) is 7.59. The number of esters is 1. The van der Waals surface area contributed by atoms with Crippen molar-refractivity contribution in [1.29, 1.82) is 0 Å². The highest BCUT2D eigenvalue weighted by Gasteiger charge is 2.23. The molecule has 8 heteroatoms. The minimum absolute atomic E-state index is 0.0870. The Labute approximate surface area is 165 Å². The number of hydrogen-bond donors (Lipinski definition) is 1. The summed E-state index contributed by atoms with van der Waals surface area (Å²) in [6.07, 6.45) is 3.46. The molecule has 0 spiro atoms. The van der Waals surface area contributed by atoms with Crippen LogP contribution in [0.15, 0.2) is 30.3 Å². The Balaban J connectivity index is 1.65. The number of cyclic esters (lactones) is 1. The first-order valence-electron chi connectivity index (χ1n) is 9.51. The van der Waals surface area contributed by atoms with Gasteiger partial charge in [-0.25, -0.2) is 13.2 Å². The molecule has 2 aliphatic rings. The van der Waals surface area contributed by atoms with Crippen LogP contribution in [-0.2, 0) is 24.2 Å². The first kappa shape index (κ1) is 20.4. The molecule has 152 valence electrons. The fourth-order valence-electron chi connectivity index (χ4n) is 3.41. The van der Waals surface area contributed by atoms with E-state index in [1.807, 2.05) is 35.2 Å². The molecular formula is C20H26N2O5S. The lowest BCUT2D eigenvalue weighted by Gasteiger charge is -2.29. The first-order valence-corrected chi connectivity index (χ1v) is 11.3. The molecule has 0 saturated carbocycles. The van der Waals surface area contributed by atoms with E-state index in [0.717, 1.165) is 24.1 Å². The number of amides is 1. The van der Waals surface area contributed by atoms with Crippen LogP contribution >= 0.6 is 0 Å². The summed E-state index contributed by atoms with van der Waals surface area (Å²) in [7, 11) is -2.91. The van der Waals surface area contributed by atoms with Crippen molar-refractivity contribution in [3.05, 3.63) is 35.9 Å². The molecule has 1 atom stereocenters. The summed E-state index contributed by atoms with van der Waals surface area (Å²) in [5.74, 6) is 0.0152. The lowest BCUT2D eigenvalue weighted by Crippen LogP contribution is -2.40. The van der Waals surface area contributed by atoms with Crippen molar-refractivity contribution in [3.8, 4) is 0 Å². The second-order valence-electron chi connectivity index (χ2n) is 7.28. The Bertz CT molecular complexity index is 847. The van der Waals surface area contributed by atoms with Gasteiger partial charge in [-0.1, -0.05) is 18.2 Å². The highest BCUT2D eigenvalue weighted by Crippen LogP contribution is 2.25. The quantitative estimate of drug-likeness (QED) is 0.760. The minimum atomic E-state index is -2.91. The van der Waals surface area contributed by atoms with Crippen LogP contribution in [-0.4, -0.2) is 58.0 Å². The molecule has 1 amide bonds. The highest BCUT2D eigenvalue weighted by atomic mass is 32.2. The van der Waals surface area contributed by atoms with E-state index in [-0.39, 0.29) is 35.9 Å². The maximum Gasteiger partial charge on any atom is 0.338 e. The molecule has 0 aromatic heterocycles. The number of ether oxygens (including phenoxy) is 1. The topological polar surface area (TPSA) is 92.8 Å². The van der Waals surface area contributed by atoms with Gasteiger partial charge in [-0.3, -0.25) is 4.79 Å². The predicted octanol–water partition coefficient (Wildman–Crippen LogP) is 1.39. The molecule has 0 aliphatic carbocycles. The number of sulfone groups is 1. The Morgan fingerprint density at radius 3 is 2.54 bits per heavy atom. The minimum Gasteiger partial charge on any atom is -0.462 e. The number of allylic oxidation sites excluding steroid dienone is 1. The normalized spacial score (nSPS) is 24.3. The zero-order valence-corrected chi connectivity index (χ0v) is 16.8. The molecule has 28 heavy (non-hydrogen) atoms. The van der Waals surface area contributed by atoms with Gasteiger partial charge in [0, 0.05) is 38.2 Å². The molecule has 2 aliphatic heterocycles. The molecule has 7 nitrogen and oxygen atoms in total. The van der Waals surface area contributed by atoms with Gasteiger partial charge in [0.2, 0.25) is 5.91 Å². The van der Waals surface area contributed by atoms with E-state index in [9.17, 15) is 18.0 Å². The summed E-state index contributed by atoms with van der Waals surface area (Å²) >= 11 is 0. The molecule has 2 heterocycles. The third-order valence-corrected chi connectivity index (χ3v) is 6.73. The molecule has 1 saturated heterocycles. The molecular weight excluding hydrogens is 380 g/mol. The van der Waals surface area contributed by atoms with Crippen molar-refractivity contribution in [2.75, 3.05) is 42.6 Å². The van der Waals surface area contributed by atoms with Gasteiger partial charge in [0.15, 0.2) is 9.84 Å². The lowest BCUT2D eigenvalue weighted by molar-refractivity contribution is -0.138. The number of rotatable bonds is 4. The number of hydrogen-bond acceptors (Lipinski definition) is 6. The van der Waals surface area contributed by atoms with Crippen LogP contribution in [0.4, 0.5) is 5.69 Å². The number of benzene rings is 1. The zero-order chi connectivity index (χ0) is 20.1.